The number of halogens is 2. The number of aromatic nitrogens is 2. The van der Waals surface area contributed by atoms with Crippen LogP contribution in [0.25, 0.3) is 11.4 Å². The topological polar surface area (TPSA) is 80.9 Å². The van der Waals surface area contributed by atoms with Gasteiger partial charge in [0.15, 0.2) is 5.13 Å². The molecule has 2 aromatic heterocycles. The molecular weight excluding hydrogens is 355 g/mol. The first kappa shape index (κ1) is 21.8. The van der Waals surface area contributed by atoms with Crippen LogP contribution in [0.15, 0.2) is 29.8 Å². The van der Waals surface area contributed by atoms with Gasteiger partial charge >= 0.3 is 0 Å². The van der Waals surface area contributed by atoms with Crippen LogP contribution in [-0.2, 0) is 4.79 Å². The van der Waals surface area contributed by atoms with E-state index in [0.717, 1.165) is 43.6 Å². The highest BCUT2D eigenvalue weighted by Gasteiger charge is 2.08. The molecule has 5 nitrogen and oxygen atoms in total. The smallest absolute Gasteiger partial charge is 0.226 e. The van der Waals surface area contributed by atoms with Crippen LogP contribution in [0.5, 0.6) is 0 Å². The summed E-state index contributed by atoms with van der Waals surface area (Å²) in [7, 11) is 0. The highest BCUT2D eigenvalue weighted by atomic mass is 35.5. The number of nitrogens with one attached hydrogen (secondary N) is 1. The monoisotopic (exact) mass is 376 g/mol. The quantitative estimate of drug-likeness (QED) is 0.684. The third-order valence-corrected chi connectivity index (χ3v) is 3.79. The molecule has 3 N–H and O–H groups in total. The maximum Gasteiger partial charge on any atom is 0.226 e. The Bertz CT molecular complexity index is 566. The maximum atomic E-state index is 11.8. The number of thiazole rings is 1. The summed E-state index contributed by atoms with van der Waals surface area (Å²) in [6, 6.07) is 5.68. The van der Waals surface area contributed by atoms with Crippen LogP contribution in [0.1, 0.15) is 32.1 Å². The van der Waals surface area contributed by atoms with E-state index in [1.807, 2.05) is 23.6 Å². The minimum atomic E-state index is 0. The second-order valence-electron chi connectivity index (χ2n) is 4.75. The van der Waals surface area contributed by atoms with Gasteiger partial charge in [0.05, 0.1) is 5.69 Å². The average Bonchev–Trinajstić information content (AvgIpc) is 2.96. The molecule has 0 saturated heterocycles. The van der Waals surface area contributed by atoms with E-state index < -0.39 is 0 Å². The number of hydrogen-bond acceptors (Lipinski definition) is 5. The molecule has 2 heterocycles. The summed E-state index contributed by atoms with van der Waals surface area (Å²) >= 11 is 1.42. The van der Waals surface area contributed by atoms with E-state index in [4.69, 9.17) is 5.73 Å². The van der Waals surface area contributed by atoms with Gasteiger partial charge in [-0.25, -0.2) is 4.98 Å². The molecule has 0 spiro atoms. The van der Waals surface area contributed by atoms with Gasteiger partial charge in [0.1, 0.15) is 5.69 Å². The molecule has 128 valence electrons. The van der Waals surface area contributed by atoms with Gasteiger partial charge in [-0.2, -0.15) is 0 Å². The third-order valence-electron chi connectivity index (χ3n) is 3.04. The van der Waals surface area contributed by atoms with E-state index in [1.165, 1.54) is 11.3 Å². The summed E-state index contributed by atoms with van der Waals surface area (Å²) in [6.45, 7) is 0.724. The summed E-state index contributed by atoms with van der Waals surface area (Å²) in [4.78, 5) is 20.4. The Morgan fingerprint density at radius 2 is 1.91 bits per heavy atom. The SMILES string of the molecule is Cl.Cl.NCCCCCCC(=O)Nc1nc(-c2ccccn2)cs1. The van der Waals surface area contributed by atoms with Gasteiger partial charge in [-0.3, -0.25) is 9.78 Å². The van der Waals surface area contributed by atoms with Gasteiger partial charge in [-0.1, -0.05) is 18.9 Å². The maximum absolute atomic E-state index is 11.8. The lowest BCUT2D eigenvalue weighted by atomic mass is 10.1. The molecule has 2 aromatic rings. The number of nitrogens with two attached hydrogens (primary N) is 1. The predicted molar refractivity (Wildman–Crippen MR) is 101 cm³/mol. The van der Waals surface area contributed by atoms with Crippen molar-refractivity contribution in [3.8, 4) is 11.4 Å². The van der Waals surface area contributed by atoms with Crippen LogP contribution in [0.3, 0.4) is 0 Å². The fourth-order valence-corrected chi connectivity index (χ4v) is 2.65. The van der Waals surface area contributed by atoms with E-state index >= 15 is 0 Å². The Morgan fingerprint density at radius 3 is 2.61 bits per heavy atom. The minimum absolute atomic E-state index is 0. The summed E-state index contributed by atoms with van der Waals surface area (Å²) in [5.74, 6) is 0.0182. The summed E-state index contributed by atoms with van der Waals surface area (Å²) in [5, 5.41) is 5.37. The number of nitrogens with zero attached hydrogens (tertiary/aromatic N) is 2. The van der Waals surface area contributed by atoms with Gasteiger partial charge in [0, 0.05) is 18.0 Å². The van der Waals surface area contributed by atoms with E-state index in [0.29, 0.717) is 11.6 Å². The molecule has 0 aliphatic rings. The molecule has 1 amide bonds. The normalized spacial score (nSPS) is 9.61. The van der Waals surface area contributed by atoms with Crippen molar-refractivity contribution >= 4 is 47.2 Å². The fourth-order valence-electron chi connectivity index (χ4n) is 1.93. The van der Waals surface area contributed by atoms with Gasteiger partial charge in [0.25, 0.3) is 0 Å². The molecule has 0 radical (unpaired) electrons. The molecule has 8 heteroatoms. The number of amides is 1. The van der Waals surface area contributed by atoms with Crippen molar-refractivity contribution < 1.29 is 4.79 Å². The number of pyridine rings is 1. The van der Waals surface area contributed by atoms with E-state index in [9.17, 15) is 4.79 Å². The van der Waals surface area contributed by atoms with Gasteiger partial charge < -0.3 is 11.1 Å². The van der Waals surface area contributed by atoms with Crippen molar-refractivity contribution in [1.29, 1.82) is 0 Å². The number of unbranched alkanes of at least 4 members (excludes halogenated alkanes) is 3. The van der Waals surface area contributed by atoms with Crippen molar-refractivity contribution in [2.24, 2.45) is 5.73 Å². The fraction of sp³-hybridized carbons (Fsp3) is 0.400. The van der Waals surface area contributed by atoms with E-state index in [2.05, 4.69) is 15.3 Å². The first-order valence-electron chi connectivity index (χ1n) is 7.16. The highest BCUT2D eigenvalue weighted by molar-refractivity contribution is 7.14. The van der Waals surface area contributed by atoms with Crippen LogP contribution >= 0.6 is 36.2 Å². The molecular formula is C15H22Cl2N4OS. The number of hydrogen-bond donors (Lipinski definition) is 2. The highest BCUT2D eigenvalue weighted by Crippen LogP contribution is 2.23. The molecule has 0 unspecified atom stereocenters. The number of carbonyl (C=O) groups is 1. The van der Waals surface area contributed by atoms with E-state index in [1.54, 1.807) is 6.20 Å². The van der Waals surface area contributed by atoms with Gasteiger partial charge in [0.2, 0.25) is 5.91 Å². The standard InChI is InChI=1S/C15H20N4OS.2ClH/c16-9-5-2-1-3-8-14(20)19-15-18-13(11-21-15)12-7-4-6-10-17-12;;/h4,6-7,10-11H,1-3,5,8-9,16H2,(H,18,19,20);2*1H. The first-order valence-corrected chi connectivity index (χ1v) is 8.04. The average molecular weight is 377 g/mol. The lowest BCUT2D eigenvalue weighted by Crippen LogP contribution is -2.10. The zero-order valence-electron chi connectivity index (χ0n) is 12.7. The first-order chi connectivity index (χ1) is 10.3. The van der Waals surface area contributed by atoms with Crippen molar-refractivity contribution in [1.82, 2.24) is 9.97 Å². The predicted octanol–water partition coefficient (Wildman–Crippen LogP) is 3.90. The summed E-state index contributed by atoms with van der Waals surface area (Å²) in [6.07, 6.45) is 6.32. The number of carbonyl (C=O) groups excluding carboxylic acids is 1. The Labute approximate surface area is 152 Å². The van der Waals surface area contributed by atoms with Crippen LogP contribution in [0, 0.1) is 0 Å². The Kier molecular flexibility index (Phi) is 11.6. The zero-order valence-corrected chi connectivity index (χ0v) is 15.2. The molecule has 0 fully saturated rings. The molecule has 0 aliphatic carbocycles. The van der Waals surface area contributed by atoms with Crippen LogP contribution in [0.2, 0.25) is 0 Å². The molecule has 0 aromatic carbocycles. The lowest BCUT2D eigenvalue weighted by molar-refractivity contribution is -0.116. The van der Waals surface area contributed by atoms with Crippen LogP contribution < -0.4 is 11.1 Å². The van der Waals surface area contributed by atoms with Crippen LogP contribution in [0.4, 0.5) is 5.13 Å². The Morgan fingerprint density at radius 1 is 1.13 bits per heavy atom. The van der Waals surface area contributed by atoms with Crippen LogP contribution in [-0.4, -0.2) is 22.4 Å². The molecule has 0 aliphatic heterocycles. The van der Waals surface area contributed by atoms with Gasteiger partial charge in [-0.05, 0) is 31.5 Å². The lowest BCUT2D eigenvalue weighted by Gasteiger charge is -2.01. The second-order valence-corrected chi connectivity index (χ2v) is 5.61. The molecule has 2 rings (SSSR count). The van der Waals surface area contributed by atoms with Crippen molar-refractivity contribution in [3.63, 3.8) is 0 Å². The van der Waals surface area contributed by atoms with Crippen molar-refractivity contribution in [2.75, 3.05) is 11.9 Å². The largest absolute Gasteiger partial charge is 0.330 e. The Balaban J connectivity index is 0.00000242. The minimum Gasteiger partial charge on any atom is -0.330 e. The number of rotatable bonds is 8. The van der Waals surface area contributed by atoms with Crippen molar-refractivity contribution in [2.45, 2.75) is 32.1 Å². The van der Waals surface area contributed by atoms with E-state index in [-0.39, 0.29) is 30.7 Å². The molecule has 0 saturated carbocycles. The molecule has 23 heavy (non-hydrogen) atoms. The second kappa shape index (κ2) is 12.2. The molecule has 0 bridgehead atoms. The molecule has 0 atom stereocenters. The zero-order chi connectivity index (χ0) is 14.9. The Hall–Kier alpha value is -1.21. The third kappa shape index (κ3) is 7.74. The summed E-state index contributed by atoms with van der Waals surface area (Å²) in [5.41, 5.74) is 7.04. The summed E-state index contributed by atoms with van der Waals surface area (Å²) < 4.78 is 0. The van der Waals surface area contributed by atoms with Crippen molar-refractivity contribution in [3.05, 3.63) is 29.8 Å². The number of anilines is 1. The van der Waals surface area contributed by atoms with Gasteiger partial charge in [-0.15, -0.1) is 36.2 Å².